The van der Waals surface area contributed by atoms with Gasteiger partial charge in [0.25, 0.3) is 0 Å². The average molecular weight is 358 g/mol. The first-order valence-corrected chi connectivity index (χ1v) is 8.26. The lowest BCUT2D eigenvalue weighted by Gasteiger charge is -2.09. The van der Waals surface area contributed by atoms with Gasteiger partial charge in [-0.25, -0.2) is 4.79 Å². The van der Waals surface area contributed by atoms with Crippen LogP contribution in [0.2, 0.25) is 0 Å². The van der Waals surface area contributed by atoms with E-state index in [2.05, 4.69) is 0 Å². The highest BCUT2D eigenvalue weighted by Crippen LogP contribution is 2.32. The minimum atomic E-state index is -1.57. The van der Waals surface area contributed by atoms with E-state index in [1.54, 1.807) is 36.4 Å². The van der Waals surface area contributed by atoms with E-state index < -0.39 is 11.6 Å². The number of ether oxygens (including phenoxy) is 1. The molecule has 0 aliphatic rings. The van der Waals surface area contributed by atoms with E-state index >= 15 is 0 Å². The number of benzene rings is 3. The van der Waals surface area contributed by atoms with Crippen molar-refractivity contribution in [2.24, 2.45) is 0 Å². The molecule has 0 saturated carbocycles. The van der Waals surface area contributed by atoms with Gasteiger partial charge in [-0.05, 0) is 23.3 Å². The maximum Gasteiger partial charge on any atom is 0.511 e. The standard InChI is InChI=1S/C22H14O5/c23-19-17-8-4-5-9-18(17)26-20(21(19)27-22(24)25)16-12-10-15(11-13-16)14-6-2-1-3-7-14/h1-13H,(H,24,25). The molecule has 0 saturated heterocycles. The van der Waals surface area contributed by atoms with Crippen LogP contribution in [0, 0.1) is 0 Å². The van der Waals surface area contributed by atoms with Gasteiger partial charge in [-0.15, -0.1) is 0 Å². The molecule has 0 aliphatic heterocycles. The number of carboxylic acid groups (broad SMARTS) is 1. The molecule has 4 aromatic rings. The molecule has 0 fully saturated rings. The maximum absolute atomic E-state index is 12.7. The fraction of sp³-hybridized carbons (Fsp3) is 0. The summed E-state index contributed by atoms with van der Waals surface area (Å²) in [7, 11) is 0. The highest BCUT2D eigenvalue weighted by Gasteiger charge is 2.20. The van der Waals surface area contributed by atoms with Gasteiger partial charge in [0.15, 0.2) is 5.76 Å². The van der Waals surface area contributed by atoms with E-state index in [0.29, 0.717) is 11.1 Å². The molecule has 0 unspecified atom stereocenters. The highest BCUT2D eigenvalue weighted by molar-refractivity contribution is 5.83. The largest absolute Gasteiger partial charge is 0.511 e. The second-order valence-corrected chi connectivity index (χ2v) is 5.90. The number of para-hydroxylation sites is 1. The van der Waals surface area contributed by atoms with E-state index in [1.807, 2.05) is 42.5 Å². The Kier molecular flexibility index (Phi) is 4.18. The third-order valence-electron chi connectivity index (χ3n) is 4.20. The van der Waals surface area contributed by atoms with Crippen LogP contribution in [0.1, 0.15) is 0 Å². The maximum atomic E-state index is 12.7. The molecule has 0 atom stereocenters. The van der Waals surface area contributed by atoms with E-state index in [9.17, 15) is 9.59 Å². The lowest BCUT2D eigenvalue weighted by molar-refractivity contribution is 0.143. The van der Waals surface area contributed by atoms with Crippen LogP contribution in [0.5, 0.6) is 5.75 Å². The number of rotatable bonds is 3. The molecule has 0 spiro atoms. The molecule has 3 aromatic carbocycles. The Balaban J connectivity index is 1.87. The van der Waals surface area contributed by atoms with Crippen molar-refractivity contribution in [3.8, 4) is 28.2 Å². The van der Waals surface area contributed by atoms with Crippen LogP contribution in [0.15, 0.2) is 88.1 Å². The summed E-state index contributed by atoms with van der Waals surface area (Å²) in [5.74, 6) is -0.255. The Morgan fingerprint density at radius 3 is 2.07 bits per heavy atom. The van der Waals surface area contributed by atoms with Crippen molar-refractivity contribution < 1.29 is 19.1 Å². The summed E-state index contributed by atoms with van der Waals surface area (Å²) < 4.78 is 10.6. The van der Waals surface area contributed by atoms with Crippen LogP contribution in [0.3, 0.4) is 0 Å². The molecular weight excluding hydrogens is 344 g/mol. The Labute approximate surface area is 154 Å². The highest BCUT2D eigenvalue weighted by atomic mass is 16.7. The minimum Gasteiger partial charge on any atom is -0.452 e. The molecule has 0 bridgehead atoms. The molecular formula is C22H14O5. The first kappa shape index (κ1) is 16.6. The fourth-order valence-corrected chi connectivity index (χ4v) is 2.94. The summed E-state index contributed by atoms with van der Waals surface area (Å²) in [6.45, 7) is 0. The molecule has 1 aromatic heterocycles. The molecule has 0 radical (unpaired) electrons. The van der Waals surface area contributed by atoms with Crippen molar-refractivity contribution in [3.63, 3.8) is 0 Å². The molecule has 132 valence electrons. The van der Waals surface area contributed by atoms with Crippen LogP contribution in [-0.4, -0.2) is 11.3 Å². The van der Waals surface area contributed by atoms with Gasteiger partial charge in [0, 0.05) is 5.56 Å². The summed E-state index contributed by atoms with van der Waals surface area (Å²) >= 11 is 0. The zero-order valence-corrected chi connectivity index (χ0v) is 14.1. The molecule has 5 nitrogen and oxygen atoms in total. The summed E-state index contributed by atoms with van der Waals surface area (Å²) in [6.07, 6.45) is -1.57. The van der Waals surface area contributed by atoms with Crippen LogP contribution >= 0.6 is 0 Å². The second kappa shape index (κ2) is 6.80. The van der Waals surface area contributed by atoms with Crippen molar-refractivity contribution in [1.82, 2.24) is 0 Å². The molecule has 1 heterocycles. The number of fused-ring (bicyclic) bond motifs is 1. The lowest BCUT2D eigenvalue weighted by Crippen LogP contribution is -2.14. The van der Waals surface area contributed by atoms with Gasteiger partial charge in [0.1, 0.15) is 5.58 Å². The first-order valence-electron chi connectivity index (χ1n) is 8.26. The summed E-state index contributed by atoms with van der Waals surface area (Å²) in [5, 5.41) is 9.29. The lowest BCUT2D eigenvalue weighted by atomic mass is 10.0. The third kappa shape index (κ3) is 3.18. The summed E-state index contributed by atoms with van der Waals surface area (Å²) in [6, 6.07) is 23.8. The molecule has 1 N–H and O–H groups in total. The number of hydrogen-bond donors (Lipinski definition) is 1. The number of hydrogen-bond acceptors (Lipinski definition) is 4. The molecule has 0 aliphatic carbocycles. The minimum absolute atomic E-state index is 0.0840. The normalized spacial score (nSPS) is 10.7. The van der Waals surface area contributed by atoms with Crippen LogP contribution in [0.25, 0.3) is 33.4 Å². The Morgan fingerprint density at radius 1 is 0.778 bits per heavy atom. The predicted octanol–water partition coefficient (Wildman–Crippen LogP) is 5.18. The summed E-state index contributed by atoms with van der Waals surface area (Å²) in [5.41, 5.74) is 2.42. The van der Waals surface area contributed by atoms with E-state index in [0.717, 1.165) is 11.1 Å². The van der Waals surface area contributed by atoms with E-state index in [-0.39, 0.29) is 16.9 Å². The third-order valence-corrected chi connectivity index (χ3v) is 4.20. The van der Waals surface area contributed by atoms with Crippen LogP contribution < -0.4 is 10.2 Å². The van der Waals surface area contributed by atoms with Crippen LogP contribution in [-0.2, 0) is 0 Å². The Hall–Kier alpha value is -3.86. The van der Waals surface area contributed by atoms with Crippen molar-refractivity contribution in [3.05, 3.63) is 89.1 Å². The van der Waals surface area contributed by atoms with E-state index in [4.69, 9.17) is 14.3 Å². The Morgan fingerprint density at radius 2 is 1.37 bits per heavy atom. The Bertz CT molecular complexity index is 1170. The molecule has 0 amide bonds. The van der Waals surface area contributed by atoms with Gasteiger partial charge >= 0.3 is 6.16 Å². The smallest absolute Gasteiger partial charge is 0.452 e. The number of carbonyl (C=O) groups is 1. The van der Waals surface area contributed by atoms with Crippen molar-refractivity contribution in [1.29, 1.82) is 0 Å². The van der Waals surface area contributed by atoms with Gasteiger partial charge in [-0.2, -0.15) is 0 Å². The van der Waals surface area contributed by atoms with Gasteiger partial charge < -0.3 is 14.3 Å². The average Bonchev–Trinajstić information content (AvgIpc) is 2.70. The van der Waals surface area contributed by atoms with Gasteiger partial charge in [0.05, 0.1) is 5.39 Å². The molecule has 5 heteroatoms. The van der Waals surface area contributed by atoms with Crippen LogP contribution in [0.4, 0.5) is 4.79 Å². The fourth-order valence-electron chi connectivity index (χ4n) is 2.94. The SMILES string of the molecule is O=C(O)Oc1c(-c2ccc(-c3ccccc3)cc2)oc2ccccc2c1=O. The topological polar surface area (TPSA) is 76.7 Å². The van der Waals surface area contributed by atoms with Gasteiger partial charge in [-0.3, -0.25) is 4.79 Å². The van der Waals surface area contributed by atoms with E-state index in [1.165, 1.54) is 0 Å². The summed E-state index contributed by atoms with van der Waals surface area (Å²) in [4.78, 5) is 23.8. The first-order chi connectivity index (χ1) is 13.1. The predicted molar refractivity (Wildman–Crippen MR) is 102 cm³/mol. The van der Waals surface area contributed by atoms with Crippen molar-refractivity contribution in [2.45, 2.75) is 0 Å². The monoisotopic (exact) mass is 358 g/mol. The molecule has 27 heavy (non-hydrogen) atoms. The zero-order valence-electron chi connectivity index (χ0n) is 14.1. The van der Waals surface area contributed by atoms with Gasteiger partial charge in [0.2, 0.25) is 11.2 Å². The zero-order chi connectivity index (χ0) is 18.8. The quantitative estimate of drug-likeness (QED) is 0.510. The second-order valence-electron chi connectivity index (χ2n) is 5.90. The molecule has 4 rings (SSSR count). The van der Waals surface area contributed by atoms with Crippen molar-refractivity contribution in [2.75, 3.05) is 0 Å². The van der Waals surface area contributed by atoms with Crippen molar-refractivity contribution >= 4 is 17.1 Å². The van der Waals surface area contributed by atoms with Gasteiger partial charge in [-0.1, -0.05) is 66.7 Å².